The van der Waals surface area contributed by atoms with Crippen LogP contribution in [0.1, 0.15) is 11.3 Å². The van der Waals surface area contributed by atoms with E-state index in [-0.39, 0.29) is 19.0 Å². The van der Waals surface area contributed by atoms with Crippen molar-refractivity contribution >= 4 is 0 Å². The number of hydrogen-bond acceptors (Lipinski definition) is 5. The maximum atomic E-state index is 13.6. The third-order valence-electron chi connectivity index (χ3n) is 5.35. The second-order valence-electron chi connectivity index (χ2n) is 7.82. The zero-order valence-electron chi connectivity index (χ0n) is 18.0. The highest BCUT2D eigenvalue weighted by molar-refractivity contribution is 5.19. The van der Waals surface area contributed by atoms with Crippen molar-refractivity contribution in [2.75, 3.05) is 59.2 Å². The molecular weight excluding hydrogens is 397 g/mol. The monoisotopic (exact) mass is 429 g/mol. The maximum absolute atomic E-state index is 13.6. The minimum atomic E-state index is -0.621. The van der Waals surface area contributed by atoms with E-state index in [9.17, 15) is 9.50 Å². The number of nitrogens with zero attached hydrogens (tertiary/aromatic N) is 3. The van der Waals surface area contributed by atoms with Crippen LogP contribution in [0.5, 0.6) is 0 Å². The average molecular weight is 430 g/mol. The Morgan fingerprint density at radius 1 is 1.26 bits per heavy atom. The van der Waals surface area contributed by atoms with Gasteiger partial charge in [-0.3, -0.25) is 9.80 Å². The molecule has 6 nitrogen and oxygen atoms in total. The van der Waals surface area contributed by atoms with Gasteiger partial charge in [-0.05, 0) is 29.8 Å². The van der Waals surface area contributed by atoms with E-state index in [1.807, 2.05) is 18.3 Å². The molecule has 1 aromatic carbocycles. The van der Waals surface area contributed by atoms with Gasteiger partial charge in [-0.2, -0.15) is 0 Å². The summed E-state index contributed by atoms with van der Waals surface area (Å²) in [7, 11) is 0. The zero-order chi connectivity index (χ0) is 21.9. The van der Waals surface area contributed by atoms with Crippen molar-refractivity contribution in [1.82, 2.24) is 14.4 Å². The minimum absolute atomic E-state index is 0.196. The lowest BCUT2D eigenvalue weighted by molar-refractivity contribution is 0.0133. The van der Waals surface area contributed by atoms with Gasteiger partial charge in [-0.25, -0.2) is 4.39 Å². The average Bonchev–Trinajstić information content (AvgIpc) is 3.19. The third-order valence-corrected chi connectivity index (χ3v) is 5.35. The van der Waals surface area contributed by atoms with Crippen molar-refractivity contribution in [3.05, 3.63) is 59.7 Å². The van der Waals surface area contributed by atoms with Crippen LogP contribution in [-0.4, -0.2) is 84.7 Å². The van der Waals surface area contributed by atoms with E-state index in [2.05, 4.69) is 26.4 Å². The number of aromatic nitrogens is 1. The summed E-state index contributed by atoms with van der Waals surface area (Å²) in [4.78, 5) is 4.61. The summed E-state index contributed by atoms with van der Waals surface area (Å²) in [6.07, 6.45) is 6.60. The lowest BCUT2D eigenvalue weighted by atomic mass is 10.2. The number of terminal acetylenes is 1. The van der Waals surface area contributed by atoms with E-state index in [0.717, 1.165) is 50.7 Å². The van der Waals surface area contributed by atoms with Crippen LogP contribution in [0.25, 0.3) is 0 Å². The Hall–Kier alpha value is -2.21. The second-order valence-corrected chi connectivity index (χ2v) is 7.82. The molecule has 0 spiro atoms. The molecular formula is C24H32FN3O3. The van der Waals surface area contributed by atoms with Crippen LogP contribution in [0.15, 0.2) is 42.6 Å². The zero-order valence-corrected chi connectivity index (χ0v) is 18.0. The number of morpholine rings is 1. The fourth-order valence-corrected chi connectivity index (χ4v) is 3.76. The van der Waals surface area contributed by atoms with Gasteiger partial charge in [-0.1, -0.05) is 18.1 Å². The van der Waals surface area contributed by atoms with Gasteiger partial charge in [0.1, 0.15) is 12.4 Å². The first-order valence-electron chi connectivity index (χ1n) is 10.7. The van der Waals surface area contributed by atoms with Gasteiger partial charge in [0.25, 0.3) is 0 Å². The number of aliphatic hydroxyl groups is 1. The van der Waals surface area contributed by atoms with Crippen LogP contribution in [0, 0.1) is 18.2 Å². The summed E-state index contributed by atoms with van der Waals surface area (Å²) >= 11 is 0. The summed E-state index contributed by atoms with van der Waals surface area (Å²) in [6.45, 7) is 7.28. The Balaban J connectivity index is 1.62. The minimum Gasteiger partial charge on any atom is -0.389 e. The highest BCUT2D eigenvalue weighted by Crippen LogP contribution is 2.13. The van der Waals surface area contributed by atoms with Gasteiger partial charge >= 0.3 is 0 Å². The molecule has 2 aromatic rings. The molecule has 1 atom stereocenters. The smallest absolute Gasteiger partial charge is 0.123 e. The largest absolute Gasteiger partial charge is 0.389 e. The molecule has 1 aliphatic heterocycles. The standard InChI is InChI=1S/C24H32FN3O3/c1-2-13-31-20-24(29)19-27(10-9-26-11-14-30-15-12-26)18-23-7-4-8-28(23)17-21-5-3-6-22(25)16-21/h1,3-8,16,24,29H,9-15,17-20H2. The molecule has 1 aliphatic rings. The lowest BCUT2D eigenvalue weighted by Crippen LogP contribution is -2.43. The first-order valence-corrected chi connectivity index (χ1v) is 10.7. The number of aliphatic hydroxyl groups excluding tert-OH is 1. The van der Waals surface area contributed by atoms with Gasteiger partial charge in [0.05, 0.1) is 25.9 Å². The fourth-order valence-electron chi connectivity index (χ4n) is 3.76. The SMILES string of the molecule is C#CCOCC(O)CN(CCN1CCOCC1)Cc1cccn1Cc1cccc(F)c1. The molecule has 1 aromatic heterocycles. The van der Waals surface area contributed by atoms with E-state index in [4.69, 9.17) is 15.9 Å². The first kappa shape index (κ1) is 23.5. The van der Waals surface area contributed by atoms with Crippen LogP contribution >= 0.6 is 0 Å². The Bertz CT molecular complexity index is 829. The third kappa shape index (κ3) is 8.09. The molecule has 3 rings (SSSR count). The van der Waals surface area contributed by atoms with E-state index in [0.29, 0.717) is 19.6 Å². The predicted molar refractivity (Wildman–Crippen MR) is 118 cm³/mol. The predicted octanol–water partition coefficient (Wildman–Crippen LogP) is 1.82. The summed E-state index contributed by atoms with van der Waals surface area (Å²) in [5.41, 5.74) is 2.03. The van der Waals surface area contributed by atoms with E-state index < -0.39 is 6.10 Å². The molecule has 2 heterocycles. The Morgan fingerprint density at radius 2 is 2.10 bits per heavy atom. The Labute approximate surface area is 184 Å². The lowest BCUT2D eigenvalue weighted by Gasteiger charge is -2.31. The highest BCUT2D eigenvalue weighted by Gasteiger charge is 2.17. The summed E-state index contributed by atoms with van der Waals surface area (Å²) in [5, 5.41) is 10.4. The van der Waals surface area contributed by atoms with Gasteiger partial charge in [0.2, 0.25) is 0 Å². The van der Waals surface area contributed by atoms with E-state index >= 15 is 0 Å². The molecule has 1 saturated heterocycles. The van der Waals surface area contributed by atoms with Crippen LogP contribution in [0.3, 0.4) is 0 Å². The fraction of sp³-hybridized carbons (Fsp3) is 0.500. The number of rotatable bonds is 12. The van der Waals surface area contributed by atoms with Crippen LogP contribution in [0.2, 0.25) is 0 Å². The van der Waals surface area contributed by atoms with E-state index in [1.165, 1.54) is 6.07 Å². The second kappa shape index (κ2) is 12.6. The van der Waals surface area contributed by atoms with Crippen molar-refractivity contribution < 1.29 is 19.0 Å². The van der Waals surface area contributed by atoms with Gasteiger partial charge in [0.15, 0.2) is 0 Å². The van der Waals surface area contributed by atoms with Crippen molar-refractivity contribution in [2.45, 2.75) is 19.2 Å². The molecule has 31 heavy (non-hydrogen) atoms. The summed E-state index contributed by atoms with van der Waals surface area (Å²) in [5.74, 6) is 2.19. The number of hydrogen-bond donors (Lipinski definition) is 1. The summed E-state index contributed by atoms with van der Waals surface area (Å²) in [6, 6.07) is 10.7. The normalized spacial score (nSPS) is 15.8. The first-order chi connectivity index (χ1) is 15.1. The molecule has 0 saturated carbocycles. The van der Waals surface area contributed by atoms with Crippen molar-refractivity contribution in [3.8, 4) is 12.3 Å². The Kier molecular flexibility index (Phi) is 9.53. The molecule has 1 fully saturated rings. The summed E-state index contributed by atoms with van der Waals surface area (Å²) < 4.78 is 26.4. The quantitative estimate of drug-likeness (QED) is 0.412. The number of ether oxygens (including phenoxy) is 2. The van der Waals surface area contributed by atoms with E-state index in [1.54, 1.807) is 12.1 Å². The maximum Gasteiger partial charge on any atom is 0.123 e. The van der Waals surface area contributed by atoms with Crippen molar-refractivity contribution in [1.29, 1.82) is 0 Å². The van der Waals surface area contributed by atoms with Crippen LogP contribution < -0.4 is 0 Å². The molecule has 1 N–H and O–H groups in total. The van der Waals surface area contributed by atoms with Gasteiger partial charge < -0.3 is 19.1 Å². The molecule has 7 heteroatoms. The Morgan fingerprint density at radius 3 is 2.87 bits per heavy atom. The molecule has 0 bridgehead atoms. The number of halogens is 1. The van der Waals surface area contributed by atoms with Crippen LogP contribution in [0.4, 0.5) is 4.39 Å². The number of benzene rings is 1. The molecule has 0 aliphatic carbocycles. The molecule has 0 radical (unpaired) electrons. The van der Waals surface area contributed by atoms with Gasteiger partial charge in [-0.15, -0.1) is 6.42 Å². The van der Waals surface area contributed by atoms with Crippen LogP contribution in [-0.2, 0) is 22.6 Å². The molecule has 0 amide bonds. The van der Waals surface area contributed by atoms with Gasteiger partial charge in [0, 0.05) is 57.7 Å². The molecule has 1 unspecified atom stereocenters. The highest BCUT2D eigenvalue weighted by atomic mass is 19.1. The van der Waals surface area contributed by atoms with Crippen molar-refractivity contribution in [3.63, 3.8) is 0 Å². The topological polar surface area (TPSA) is 50.1 Å². The van der Waals surface area contributed by atoms with Crippen molar-refractivity contribution in [2.24, 2.45) is 0 Å². The molecule has 168 valence electrons.